The zero-order valence-corrected chi connectivity index (χ0v) is 10.2. The molecule has 0 bridgehead atoms. The molecule has 3 N–H and O–H groups in total. The summed E-state index contributed by atoms with van der Waals surface area (Å²) in [4.78, 5) is 10.4. The van der Waals surface area contributed by atoms with E-state index in [1.54, 1.807) is 18.2 Å². The van der Waals surface area contributed by atoms with Gasteiger partial charge in [-0.15, -0.1) is 0 Å². The fraction of sp³-hybridized carbons (Fsp3) is 0.0769. The van der Waals surface area contributed by atoms with Crippen molar-refractivity contribution in [3.63, 3.8) is 0 Å². The second-order valence-corrected chi connectivity index (χ2v) is 3.89. The van der Waals surface area contributed by atoms with Crippen LogP contribution in [0.4, 0.5) is 11.4 Å². The molecule has 0 saturated heterocycles. The maximum absolute atomic E-state index is 11.0. The van der Waals surface area contributed by atoms with Crippen molar-refractivity contribution in [2.45, 2.75) is 0 Å². The average molecular weight is 260 g/mol. The first kappa shape index (κ1) is 12.7. The lowest BCUT2D eigenvalue weighted by Gasteiger charge is -2.09. The van der Waals surface area contributed by atoms with Crippen LogP contribution in [0.15, 0.2) is 36.4 Å². The lowest BCUT2D eigenvalue weighted by atomic mass is 10.0. The molecule has 0 unspecified atom stereocenters. The number of nitro benzene ring substituents is 1. The van der Waals surface area contributed by atoms with Crippen molar-refractivity contribution in [1.29, 1.82) is 0 Å². The Morgan fingerprint density at radius 3 is 2.63 bits per heavy atom. The number of aromatic hydroxyl groups is 1. The third-order valence-electron chi connectivity index (χ3n) is 2.74. The van der Waals surface area contributed by atoms with Crippen molar-refractivity contribution in [3.8, 4) is 22.6 Å². The Hall–Kier alpha value is -2.76. The van der Waals surface area contributed by atoms with Crippen LogP contribution in [0.1, 0.15) is 0 Å². The Morgan fingerprint density at radius 1 is 1.32 bits per heavy atom. The summed E-state index contributed by atoms with van der Waals surface area (Å²) in [5.41, 5.74) is 6.79. The predicted octanol–water partition coefficient (Wildman–Crippen LogP) is 2.56. The summed E-state index contributed by atoms with van der Waals surface area (Å²) in [5.74, 6) is 0.127. The molecule has 0 aliphatic carbocycles. The van der Waals surface area contributed by atoms with Gasteiger partial charge < -0.3 is 15.6 Å². The molecule has 6 nitrogen and oxygen atoms in total. The molecule has 0 spiro atoms. The molecule has 0 fully saturated rings. The van der Waals surface area contributed by atoms with Crippen molar-refractivity contribution in [3.05, 3.63) is 46.5 Å². The zero-order valence-electron chi connectivity index (χ0n) is 10.2. The fourth-order valence-corrected chi connectivity index (χ4v) is 1.86. The van der Waals surface area contributed by atoms with Gasteiger partial charge in [0, 0.05) is 17.3 Å². The number of nitrogens with zero attached hydrogens (tertiary/aromatic N) is 1. The Bertz CT molecular complexity index is 620. The van der Waals surface area contributed by atoms with Gasteiger partial charge in [-0.1, -0.05) is 6.07 Å². The number of anilines is 1. The van der Waals surface area contributed by atoms with Crippen LogP contribution in [0.25, 0.3) is 11.1 Å². The number of nitro groups is 1. The van der Waals surface area contributed by atoms with Crippen molar-refractivity contribution >= 4 is 11.4 Å². The topological polar surface area (TPSA) is 98.6 Å². The fourth-order valence-electron chi connectivity index (χ4n) is 1.86. The molecule has 19 heavy (non-hydrogen) atoms. The van der Waals surface area contributed by atoms with Crippen molar-refractivity contribution in [2.75, 3.05) is 12.8 Å². The minimum Gasteiger partial charge on any atom is -0.507 e. The highest BCUT2D eigenvalue weighted by Crippen LogP contribution is 2.38. The molecule has 2 rings (SSSR count). The lowest BCUT2D eigenvalue weighted by molar-refractivity contribution is -0.385. The molecule has 0 aromatic heterocycles. The highest BCUT2D eigenvalue weighted by molar-refractivity contribution is 5.83. The van der Waals surface area contributed by atoms with Gasteiger partial charge in [-0.05, 0) is 29.8 Å². The molecule has 0 amide bonds. The van der Waals surface area contributed by atoms with Crippen LogP contribution in [0.2, 0.25) is 0 Å². The van der Waals surface area contributed by atoms with Gasteiger partial charge in [0.2, 0.25) is 0 Å². The van der Waals surface area contributed by atoms with E-state index in [1.807, 2.05) is 0 Å². The number of rotatable bonds is 3. The summed E-state index contributed by atoms with van der Waals surface area (Å²) >= 11 is 0. The molecule has 0 heterocycles. The average Bonchev–Trinajstić information content (AvgIpc) is 2.38. The maximum Gasteiger partial charge on any atom is 0.311 e. The number of methoxy groups -OCH3 is 1. The van der Waals surface area contributed by atoms with Crippen LogP contribution in [-0.2, 0) is 0 Å². The molecular weight excluding hydrogens is 248 g/mol. The van der Waals surface area contributed by atoms with E-state index in [0.717, 1.165) is 0 Å². The molecule has 0 radical (unpaired) electrons. The zero-order chi connectivity index (χ0) is 14.0. The SMILES string of the molecule is COc1ccc(-c2c(N)cccc2O)cc1[N+](=O)[O-]. The molecule has 0 aliphatic heterocycles. The quantitative estimate of drug-likeness (QED) is 0.502. The second-order valence-electron chi connectivity index (χ2n) is 3.89. The monoisotopic (exact) mass is 260 g/mol. The third kappa shape index (κ3) is 2.28. The van der Waals surface area contributed by atoms with Crippen LogP contribution >= 0.6 is 0 Å². The lowest BCUT2D eigenvalue weighted by Crippen LogP contribution is -1.95. The van der Waals surface area contributed by atoms with Gasteiger partial charge in [0.15, 0.2) is 5.75 Å². The summed E-state index contributed by atoms with van der Waals surface area (Å²) in [7, 11) is 1.36. The van der Waals surface area contributed by atoms with Crippen LogP contribution in [0.3, 0.4) is 0 Å². The van der Waals surface area contributed by atoms with Crippen molar-refractivity contribution in [1.82, 2.24) is 0 Å². The van der Waals surface area contributed by atoms with E-state index < -0.39 is 4.92 Å². The minimum atomic E-state index is -0.543. The molecule has 0 saturated carbocycles. The Balaban J connectivity index is 2.64. The Morgan fingerprint density at radius 2 is 2.05 bits per heavy atom. The molecule has 0 atom stereocenters. The summed E-state index contributed by atoms with van der Waals surface area (Å²) < 4.78 is 4.92. The highest BCUT2D eigenvalue weighted by Gasteiger charge is 2.18. The van der Waals surface area contributed by atoms with Crippen molar-refractivity contribution < 1.29 is 14.8 Å². The maximum atomic E-state index is 11.0. The number of benzene rings is 2. The summed E-state index contributed by atoms with van der Waals surface area (Å²) in [6.07, 6.45) is 0. The number of hydrogen-bond acceptors (Lipinski definition) is 5. The van der Waals surface area contributed by atoms with Gasteiger partial charge in [0.25, 0.3) is 0 Å². The van der Waals surface area contributed by atoms with Crippen LogP contribution in [-0.4, -0.2) is 17.1 Å². The number of ether oxygens (including phenoxy) is 1. The molecule has 6 heteroatoms. The van der Waals surface area contributed by atoms with E-state index >= 15 is 0 Å². The summed E-state index contributed by atoms with van der Waals surface area (Å²) in [6.45, 7) is 0. The van der Waals surface area contributed by atoms with E-state index in [0.29, 0.717) is 16.8 Å². The molecule has 2 aromatic rings. The van der Waals surface area contributed by atoms with E-state index in [9.17, 15) is 15.2 Å². The first-order chi connectivity index (χ1) is 9.04. The number of phenolic OH excluding ortho intramolecular Hbond substituents is 1. The number of hydrogen-bond donors (Lipinski definition) is 2. The Labute approximate surface area is 109 Å². The van der Waals surface area contributed by atoms with Gasteiger partial charge in [-0.25, -0.2) is 0 Å². The highest BCUT2D eigenvalue weighted by atomic mass is 16.6. The number of phenols is 1. The second kappa shape index (κ2) is 4.85. The number of nitrogen functional groups attached to an aromatic ring is 1. The van der Waals surface area contributed by atoms with E-state index in [1.165, 1.54) is 25.3 Å². The molecule has 0 aliphatic rings. The minimum absolute atomic E-state index is 0.0283. The Kier molecular flexibility index (Phi) is 3.24. The van der Waals surface area contributed by atoms with Crippen LogP contribution < -0.4 is 10.5 Å². The van der Waals surface area contributed by atoms with Gasteiger partial charge in [0.05, 0.1) is 12.0 Å². The van der Waals surface area contributed by atoms with Gasteiger partial charge >= 0.3 is 5.69 Å². The van der Waals surface area contributed by atoms with E-state index in [2.05, 4.69) is 0 Å². The van der Waals surface area contributed by atoms with Gasteiger partial charge in [-0.3, -0.25) is 10.1 Å². The van der Waals surface area contributed by atoms with Crippen LogP contribution in [0, 0.1) is 10.1 Å². The first-order valence-corrected chi connectivity index (χ1v) is 5.45. The number of nitrogens with two attached hydrogens (primary N) is 1. The van der Waals surface area contributed by atoms with E-state index in [4.69, 9.17) is 10.5 Å². The summed E-state index contributed by atoms with van der Waals surface area (Å²) in [6, 6.07) is 9.10. The van der Waals surface area contributed by atoms with Gasteiger partial charge in [0.1, 0.15) is 5.75 Å². The first-order valence-electron chi connectivity index (χ1n) is 5.45. The summed E-state index contributed by atoms with van der Waals surface area (Å²) in [5, 5.41) is 20.8. The smallest absolute Gasteiger partial charge is 0.311 e. The third-order valence-corrected chi connectivity index (χ3v) is 2.74. The van der Waals surface area contributed by atoms with Gasteiger partial charge in [-0.2, -0.15) is 0 Å². The largest absolute Gasteiger partial charge is 0.507 e. The molecule has 98 valence electrons. The normalized spacial score (nSPS) is 10.2. The van der Waals surface area contributed by atoms with Crippen molar-refractivity contribution in [2.24, 2.45) is 0 Å². The van der Waals surface area contributed by atoms with Crippen LogP contribution in [0.5, 0.6) is 11.5 Å². The van der Waals surface area contributed by atoms with E-state index in [-0.39, 0.29) is 17.2 Å². The predicted molar refractivity (Wildman–Crippen MR) is 71.2 cm³/mol. The molecule has 2 aromatic carbocycles. The standard InChI is InChI=1S/C13H12N2O4/c1-19-12-6-5-8(7-10(12)15(17)18)13-9(14)3-2-4-11(13)16/h2-7,16H,14H2,1H3. The molecular formula is C13H12N2O4.